The van der Waals surface area contributed by atoms with Gasteiger partial charge in [-0.2, -0.15) is 0 Å². The van der Waals surface area contributed by atoms with Gasteiger partial charge in [0.1, 0.15) is 22.7 Å². The summed E-state index contributed by atoms with van der Waals surface area (Å²) >= 11 is 0. The second kappa shape index (κ2) is 8.76. The number of benzene rings is 6. The number of rotatable bonds is 2. The second-order valence-electron chi connectivity index (χ2n) is 11.6. The molecule has 9 rings (SSSR count). The molecule has 4 heteroatoms. The minimum absolute atomic E-state index is 0.788. The molecule has 0 spiro atoms. The van der Waals surface area contributed by atoms with Crippen LogP contribution in [-0.2, 0) is 0 Å². The van der Waals surface area contributed by atoms with Crippen molar-refractivity contribution in [2.75, 3.05) is 0 Å². The Kier molecular flexibility index (Phi) is 4.92. The van der Waals surface area contributed by atoms with E-state index in [4.69, 9.17) is 13.9 Å². The van der Waals surface area contributed by atoms with Gasteiger partial charge in [0.05, 0.1) is 11.0 Å². The largest absolute Gasteiger partial charge is 0.456 e. The topological polar surface area (TPSA) is 36.5 Å². The molecule has 0 N–H and O–H groups in total. The van der Waals surface area contributed by atoms with Crippen molar-refractivity contribution in [3.8, 4) is 39.4 Å². The number of para-hydroxylation sites is 3. The van der Waals surface area contributed by atoms with Gasteiger partial charge in [0, 0.05) is 52.2 Å². The van der Waals surface area contributed by atoms with Crippen molar-refractivity contribution in [3.05, 3.63) is 127 Å². The highest BCUT2D eigenvalue weighted by Crippen LogP contribution is 2.47. The molecule has 0 atom stereocenters. The summed E-state index contributed by atoms with van der Waals surface area (Å²) < 4.78 is 21.5. The SMILES string of the molecule is CC1(C)Oc2ccc(-c3cccc4oc5ccccc5c34)cc2-c2cc(-n3c4ccccc4c4ccccc43)ccc2O1. The van der Waals surface area contributed by atoms with Crippen LogP contribution < -0.4 is 9.47 Å². The monoisotopic (exact) mass is 557 g/mol. The fraction of sp³-hybridized carbons (Fsp3) is 0.0769. The molecule has 1 aliphatic rings. The van der Waals surface area contributed by atoms with E-state index >= 15 is 0 Å². The van der Waals surface area contributed by atoms with E-state index in [9.17, 15) is 0 Å². The maximum Gasteiger partial charge on any atom is 0.245 e. The Balaban J connectivity index is 1.30. The van der Waals surface area contributed by atoms with Crippen LogP contribution in [-0.4, -0.2) is 10.4 Å². The first kappa shape index (κ1) is 24.2. The smallest absolute Gasteiger partial charge is 0.245 e. The fourth-order valence-corrected chi connectivity index (χ4v) is 6.72. The molecule has 2 aromatic heterocycles. The summed E-state index contributed by atoms with van der Waals surface area (Å²) in [6.07, 6.45) is 0. The van der Waals surface area contributed by atoms with Gasteiger partial charge in [0.15, 0.2) is 0 Å². The molecule has 0 aliphatic carbocycles. The van der Waals surface area contributed by atoms with Crippen LogP contribution in [0.15, 0.2) is 132 Å². The molecule has 1 aliphatic heterocycles. The molecule has 43 heavy (non-hydrogen) atoms. The minimum atomic E-state index is -0.837. The molecule has 0 unspecified atom stereocenters. The molecule has 0 fully saturated rings. The van der Waals surface area contributed by atoms with Gasteiger partial charge in [-0.15, -0.1) is 0 Å². The Morgan fingerprint density at radius 1 is 0.512 bits per heavy atom. The van der Waals surface area contributed by atoms with Crippen molar-refractivity contribution in [2.24, 2.45) is 0 Å². The number of hydrogen-bond donors (Lipinski definition) is 0. The first-order chi connectivity index (χ1) is 21.0. The Morgan fingerprint density at radius 2 is 1.12 bits per heavy atom. The standard InChI is InChI=1S/C39H27NO3/c1-39(2)42-35-20-18-24(26-13-9-17-37-38(26)29-12-5-8-16-34(29)41-37)22-30(35)31-23-25(19-21-36(31)43-39)40-32-14-6-3-10-27(32)28-11-4-7-15-33(28)40/h3-23H,1-2H3. The Bertz CT molecular complexity index is 2340. The van der Waals surface area contributed by atoms with Crippen LogP contribution in [0.2, 0.25) is 0 Å². The lowest BCUT2D eigenvalue weighted by Crippen LogP contribution is -2.34. The van der Waals surface area contributed by atoms with E-state index in [-0.39, 0.29) is 0 Å². The van der Waals surface area contributed by atoms with Gasteiger partial charge in [0.25, 0.3) is 0 Å². The van der Waals surface area contributed by atoms with E-state index in [0.717, 1.165) is 61.4 Å². The van der Waals surface area contributed by atoms with Crippen molar-refractivity contribution in [3.63, 3.8) is 0 Å². The molecule has 206 valence electrons. The first-order valence-corrected chi connectivity index (χ1v) is 14.6. The molecule has 0 bridgehead atoms. The van der Waals surface area contributed by atoms with Gasteiger partial charge in [-0.1, -0.05) is 72.8 Å². The molecule has 3 heterocycles. The van der Waals surface area contributed by atoms with E-state index in [2.05, 4.69) is 114 Å². The Morgan fingerprint density at radius 3 is 1.86 bits per heavy atom. The van der Waals surface area contributed by atoms with Gasteiger partial charge in [0.2, 0.25) is 5.79 Å². The van der Waals surface area contributed by atoms with Crippen LogP contribution in [0.25, 0.3) is 71.7 Å². The summed E-state index contributed by atoms with van der Waals surface area (Å²) in [6.45, 7) is 3.91. The summed E-state index contributed by atoms with van der Waals surface area (Å²) in [4.78, 5) is 0. The fourth-order valence-electron chi connectivity index (χ4n) is 6.72. The van der Waals surface area contributed by atoms with Crippen LogP contribution in [0, 0.1) is 0 Å². The molecule has 0 saturated heterocycles. The lowest BCUT2D eigenvalue weighted by Gasteiger charge is -2.25. The molecule has 0 saturated carbocycles. The third-order valence-electron chi connectivity index (χ3n) is 8.50. The highest BCUT2D eigenvalue weighted by atomic mass is 16.7. The first-order valence-electron chi connectivity index (χ1n) is 14.6. The molecule has 6 aromatic carbocycles. The molecule has 4 nitrogen and oxygen atoms in total. The zero-order chi connectivity index (χ0) is 28.7. The number of ether oxygens (including phenoxy) is 2. The predicted octanol–water partition coefficient (Wildman–Crippen LogP) is 10.5. The third kappa shape index (κ3) is 3.63. The maximum absolute atomic E-state index is 6.49. The zero-order valence-corrected chi connectivity index (χ0v) is 23.8. The molecular weight excluding hydrogens is 530 g/mol. The average molecular weight is 558 g/mol. The third-order valence-corrected chi connectivity index (χ3v) is 8.50. The Hall–Kier alpha value is -5.48. The maximum atomic E-state index is 6.49. The predicted molar refractivity (Wildman–Crippen MR) is 174 cm³/mol. The summed E-state index contributed by atoms with van der Waals surface area (Å²) in [5.41, 5.74) is 9.37. The molecular formula is C39H27NO3. The van der Waals surface area contributed by atoms with Crippen LogP contribution >= 0.6 is 0 Å². The number of nitrogens with zero attached hydrogens (tertiary/aromatic N) is 1. The van der Waals surface area contributed by atoms with E-state index in [1.54, 1.807) is 0 Å². The van der Waals surface area contributed by atoms with E-state index < -0.39 is 5.79 Å². The second-order valence-corrected chi connectivity index (χ2v) is 11.6. The minimum Gasteiger partial charge on any atom is -0.456 e. The van der Waals surface area contributed by atoms with E-state index in [0.29, 0.717) is 0 Å². The average Bonchev–Trinajstić information content (AvgIpc) is 3.54. The zero-order valence-electron chi connectivity index (χ0n) is 23.8. The Labute approximate surface area is 248 Å². The summed E-state index contributed by atoms with van der Waals surface area (Å²) in [6, 6.07) is 44.5. The van der Waals surface area contributed by atoms with E-state index in [1.165, 1.54) is 21.8 Å². The van der Waals surface area contributed by atoms with Crippen molar-refractivity contribution in [2.45, 2.75) is 19.6 Å². The number of hydrogen-bond acceptors (Lipinski definition) is 3. The van der Waals surface area contributed by atoms with Crippen LogP contribution in [0.1, 0.15) is 13.8 Å². The van der Waals surface area contributed by atoms with Crippen LogP contribution in [0.4, 0.5) is 0 Å². The van der Waals surface area contributed by atoms with Crippen molar-refractivity contribution in [1.82, 2.24) is 4.57 Å². The van der Waals surface area contributed by atoms with Gasteiger partial charge in [-0.05, 0) is 65.7 Å². The number of furan rings is 1. The van der Waals surface area contributed by atoms with E-state index in [1.807, 2.05) is 32.0 Å². The highest BCUT2D eigenvalue weighted by Gasteiger charge is 2.30. The van der Waals surface area contributed by atoms with Gasteiger partial charge >= 0.3 is 0 Å². The number of aromatic nitrogens is 1. The van der Waals surface area contributed by atoms with Crippen molar-refractivity contribution < 1.29 is 13.9 Å². The summed E-state index contributed by atoms with van der Waals surface area (Å²) in [7, 11) is 0. The van der Waals surface area contributed by atoms with Gasteiger partial charge < -0.3 is 18.5 Å². The van der Waals surface area contributed by atoms with Crippen molar-refractivity contribution >= 4 is 43.7 Å². The molecule has 8 aromatic rings. The summed E-state index contributed by atoms with van der Waals surface area (Å²) in [5, 5.41) is 4.69. The van der Waals surface area contributed by atoms with Gasteiger partial charge in [-0.25, -0.2) is 0 Å². The molecule has 0 amide bonds. The van der Waals surface area contributed by atoms with Gasteiger partial charge in [-0.3, -0.25) is 0 Å². The normalized spacial score (nSPS) is 13.9. The van der Waals surface area contributed by atoms with Crippen LogP contribution in [0.3, 0.4) is 0 Å². The lowest BCUT2D eigenvalue weighted by molar-refractivity contribution is -0.0778. The quantitative estimate of drug-likeness (QED) is 0.212. The van der Waals surface area contributed by atoms with Crippen molar-refractivity contribution in [1.29, 1.82) is 0 Å². The molecule has 0 radical (unpaired) electrons. The lowest BCUT2D eigenvalue weighted by atomic mass is 9.94. The number of fused-ring (bicyclic) bond motifs is 9. The summed E-state index contributed by atoms with van der Waals surface area (Å²) in [5.74, 6) is 0.741. The highest BCUT2D eigenvalue weighted by molar-refractivity contribution is 6.13. The van der Waals surface area contributed by atoms with Crippen LogP contribution in [0.5, 0.6) is 11.5 Å².